The third kappa shape index (κ3) is 4.02. The Morgan fingerprint density at radius 3 is 2.62 bits per heavy atom. The predicted molar refractivity (Wildman–Crippen MR) is 77.1 cm³/mol. The zero-order chi connectivity index (χ0) is 15.4. The lowest BCUT2D eigenvalue weighted by Crippen LogP contribution is -2.42. The van der Waals surface area contributed by atoms with E-state index in [9.17, 15) is 14.4 Å². The van der Waals surface area contributed by atoms with Crippen LogP contribution in [0.4, 0.5) is 0 Å². The zero-order valence-corrected chi connectivity index (χ0v) is 11.8. The van der Waals surface area contributed by atoms with E-state index in [2.05, 4.69) is 0 Å². The van der Waals surface area contributed by atoms with E-state index in [1.165, 1.54) is 11.0 Å². The summed E-state index contributed by atoms with van der Waals surface area (Å²) in [6.45, 7) is 2.13. The molecule has 1 aliphatic heterocycles. The van der Waals surface area contributed by atoms with Crippen LogP contribution < -0.4 is 0 Å². The normalized spacial score (nSPS) is 16.7. The van der Waals surface area contributed by atoms with Gasteiger partial charge in [0.2, 0.25) is 11.8 Å². The third-order valence-corrected chi connectivity index (χ3v) is 3.36. The molecular formula is C16H17NO4. The summed E-state index contributed by atoms with van der Waals surface area (Å²) >= 11 is 0. The predicted octanol–water partition coefficient (Wildman–Crippen LogP) is 2.07. The molecule has 0 aromatic heterocycles. The van der Waals surface area contributed by atoms with Crippen LogP contribution in [0.15, 0.2) is 30.3 Å². The average Bonchev–Trinajstić information content (AvgIpc) is 2.41. The Hall–Kier alpha value is -2.43. The number of hydrogen-bond acceptors (Lipinski definition) is 3. The van der Waals surface area contributed by atoms with Gasteiger partial charge in [0.1, 0.15) is 0 Å². The number of aliphatic carboxylic acids is 1. The van der Waals surface area contributed by atoms with Crippen LogP contribution in [0.1, 0.15) is 30.9 Å². The van der Waals surface area contributed by atoms with Crippen molar-refractivity contribution in [3.05, 3.63) is 41.5 Å². The number of imide groups is 1. The fraction of sp³-hybridized carbons (Fsp3) is 0.312. The van der Waals surface area contributed by atoms with Crippen molar-refractivity contribution in [2.45, 2.75) is 26.3 Å². The topological polar surface area (TPSA) is 74.7 Å². The van der Waals surface area contributed by atoms with Gasteiger partial charge in [0.25, 0.3) is 0 Å². The molecule has 0 spiro atoms. The Bertz CT molecular complexity index is 588. The van der Waals surface area contributed by atoms with Crippen molar-refractivity contribution in [3.8, 4) is 0 Å². The van der Waals surface area contributed by atoms with E-state index in [-0.39, 0.29) is 24.3 Å². The van der Waals surface area contributed by atoms with Gasteiger partial charge in [-0.3, -0.25) is 14.5 Å². The van der Waals surface area contributed by atoms with Crippen molar-refractivity contribution in [2.24, 2.45) is 5.92 Å². The quantitative estimate of drug-likeness (QED) is 0.679. The second kappa shape index (κ2) is 6.35. The highest BCUT2D eigenvalue weighted by molar-refractivity contribution is 5.97. The molecule has 110 valence electrons. The van der Waals surface area contributed by atoms with E-state index in [4.69, 9.17) is 5.11 Å². The summed E-state index contributed by atoms with van der Waals surface area (Å²) < 4.78 is 0. The number of carbonyl (C=O) groups excluding carboxylic acids is 2. The monoisotopic (exact) mass is 287 g/mol. The van der Waals surface area contributed by atoms with Crippen LogP contribution in [0.5, 0.6) is 0 Å². The largest absolute Gasteiger partial charge is 0.478 e. The molecule has 0 radical (unpaired) electrons. The first-order valence-electron chi connectivity index (χ1n) is 6.79. The van der Waals surface area contributed by atoms with Gasteiger partial charge in [-0.05, 0) is 29.2 Å². The minimum absolute atomic E-state index is 0.103. The van der Waals surface area contributed by atoms with Crippen LogP contribution >= 0.6 is 0 Å². The number of piperidine rings is 1. The molecular weight excluding hydrogens is 270 g/mol. The number of likely N-dealkylation sites (tertiary alicyclic amines) is 1. The van der Waals surface area contributed by atoms with Gasteiger partial charge < -0.3 is 5.11 Å². The van der Waals surface area contributed by atoms with E-state index in [1.54, 1.807) is 18.2 Å². The Morgan fingerprint density at radius 1 is 1.33 bits per heavy atom. The molecule has 1 aliphatic rings. The Morgan fingerprint density at radius 2 is 2.00 bits per heavy atom. The van der Waals surface area contributed by atoms with E-state index in [0.29, 0.717) is 12.8 Å². The minimum atomic E-state index is -1.02. The number of nitrogens with zero attached hydrogens (tertiary/aromatic N) is 1. The molecule has 5 nitrogen and oxygen atoms in total. The molecule has 2 rings (SSSR count). The average molecular weight is 287 g/mol. The van der Waals surface area contributed by atoms with Gasteiger partial charge in [-0.1, -0.05) is 25.1 Å². The molecule has 5 heteroatoms. The summed E-state index contributed by atoms with van der Waals surface area (Å²) in [7, 11) is 0. The first-order valence-corrected chi connectivity index (χ1v) is 6.79. The van der Waals surface area contributed by atoms with E-state index >= 15 is 0 Å². The maximum absolute atomic E-state index is 11.9. The molecule has 0 atom stereocenters. The zero-order valence-electron chi connectivity index (χ0n) is 11.8. The standard InChI is InChI=1S/C16H17NO4/c1-11-7-14(18)17(15(19)8-11)10-13-4-2-3-12(9-13)5-6-16(20)21/h2-6,9,11H,7-8,10H2,1H3,(H,20,21). The molecule has 1 aromatic rings. The fourth-order valence-electron chi connectivity index (χ4n) is 2.35. The van der Waals surface area contributed by atoms with Crippen LogP contribution in [0, 0.1) is 5.92 Å². The lowest BCUT2D eigenvalue weighted by atomic mass is 9.97. The molecule has 0 bridgehead atoms. The van der Waals surface area contributed by atoms with Crippen LogP contribution in [-0.2, 0) is 20.9 Å². The summed E-state index contributed by atoms with van der Waals surface area (Å²) in [5.74, 6) is -1.21. The highest BCUT2D eigenvalue weighted by atomic mass is 16.4. The van der Waals surface area contributed by atoms with Gasteiger partial charge in [-0.15, -0.1) is 0 Å². The van der Waals surface area contributed by atoms with Crippen LogP contribution in [0.2, 0.25) is 0 Å². The Balaban J connectivity index is 2.12. The van der Waals surface area contributed by atoms with Crippen LogP contribution in [-0.4, -0.2) is 27.8 Å². The Kier molecular flexibility index (Phi) is 4.52. The van der Waals surface area contributed by atoms with Gasteiger partial charge in [0, 0.05) is 18.9 Å². The van der Waals surface area contributed by atoms with Crippen molar-refractivity contribution >= 4 is 23.9 Å². The second-order valence-corrected chi connectivity index (χ2v) is 5.30. The third-order valence-electron chi connectivity index (χ3n) is 3.36. The Labute approximate surface area is 122 Å². The maximum atomic E-state index is 11.9. The summed E-state index contributed by atoms with van der Waals surface area (Å²) in [6, 6.07) is 7.14. The lowest BCUT2D eigenvalue weighted by Gasteiger charge is -2.28. The van der Waals surface area contributed by atoms with Gasteiger partial charge in [0.15, 0.2) is 0 Å². The molecule has 1 fully saturated rings. The summed E-state index contributed by atoms with van der Waals surface area (Å²) in [6.07, 6.45) is 3.32. The molecule has 1 heterocycles. The van der Waals surface area contributed by atoms with Crippen molar-refractivity contribution in [2.75, 3.05) is 0 Å². The van der Waals surface area contributed by atoms with Crippen molar-refractivity contribution in [3.63, 3.8) is 0 Å². The molecule has 1 aromatic carbocycles. The van der Waals surface area contributed by atoms with Crippen LogP contribution in [0.3, 0.4) is 0 Å². The first kappa shape index (κ1) is 15.0. The SMILES string of the molecule is CC1CC(=O)N(Cc2cccc(C=CC(=O)O)c2)C(=O)C1. The van der Waals surface area contributed by atoms with Gasteiger partial charge in [-0.25, -0.2) is 4.79 Å². The summed E-state index contributed by atoms with van der Waals surface area (Å²) in [5.41, 5.74) is 1.53. The number of hydrogen-bond donors (Lipinski definition) is 1. The molecule has 1 N–H and O–H groups in total. The van der Waals surface area contributed by atoms with E-state index < -0.39 is 5.97 Å². The number of benzene rings is 1. The maximum Gasteiger partial charge on any atom is 0.328 e. The molecule has 0 unspecified atom stereocenters. The minimum Gasteiger partial charge on any atom is -0.478 e. The van der Waals surface area contributed by atoms with Crippen molar-refractivity contribution < 1.29 is 19.5 Å². The highest BCUT2D eigenvalue weighted by Gasteiger charge is 2.30. The first-order chi connectivity index (χ1) is 9.95. The van der Waals surface area contributed by atoms with E-state index in [0.717, 1.165) is 17.2 Å². The highest BCUT2D eigenvalue weighted by Crippen LogP contribution is 2.21. The van der Waals surface area contributed by atoms with E-state index in [1.807, 2.05) is 13.0 Å². The summed E-state index contributed by atoms with van der Waals surface area (Å²) in [4.78, 5) is 35.7. The molecule has 0 aliphatic carbocycles. The van der Waals surface area contributed by atoms with Gasteiger partial charge in [0.05, 0.1) is 6.54 Å². The van der Waals surface area contributed by atoms with Gasteiger partial charge in [-0.2, -0.15) is 0 Å². The number of amides is 2. The van der Waals surface area contributed by atoms with Crippen molar-refractivity contribution in [1.82, 2.24) is 4.90 Å². The number of rotatable bonds is 4. The van der Waals surface area contributed by atoms with Crippen LogP contribution in [0.25, 0.3) is 6.08 Å². The smallest absolute Gasteiger partial charge is 0.328 e. The van der Waals surface area contributed by atoms with Gasteiger partial charge >= 0.3 is 5.97 Å². The molecule has 0 saturated carbocycles. The fourth-order valence-corrected chi connectivity index (χ4v) is 2.35. The molecule has 21 heavy (non-hydrogen) atoms. The number of carboxylic acid groups (broad SMARTS) is 1. The molecule has 1 saturated heterocycles. The van der Waals surface area contributed by atoms with Crippen molar-refractivity contribution in [1.29, 1.82) is 0 Å². The molecule has 2 amide bonds. The summed E-state index contributed by atoms with van der Waals surface area (Å²) in [5, 5.41) is 8.62. The second-order valence-electron chi connectivity index (χ2n) is 5.30. The lowest BCUT2D eigenvalue weighted by molar-refractivity contribution is -0.150. The number of carbonyl (C=O) groups is 3. The number of carboxylic acids is 1.